The van der Waals surface area contributed by atoms with Crippen LogP contribution in [-0.4, -0.2) is 37.1 Å². The average Bonchev–Trinajstić information content (AvgIpc) is 3.00. The number of halogens is 2. The predicted octanol–water partition coefficient (Wildman–Crippen LogP) is 2.47. The quantitative estimate of drug-likeness (QED) is 0.882. The molecule has 1 amide bonds. The van der Waals surface area contributed by atoms with Gasteiger partial charge in [-0.1, -0.05) is 15.9 Å². The van der Waals surface area contributed by atoms with Crippen molar-refractivity contribution in [2.75, 3.05) is 36.0 Å². The van der Waals surface area contributed by atoms with Gasteiger partial charge in [0.25, 0.3) is 5.91 Å². The Morgan fingerprint density at radius 1 is 1.27 bits per heavy atom. The Morgan fingerprint density at radius 2 is 1.95 bits per heavy atom. The molecule has 0 saturated carbocycles. The minimum atomic E-state index is -0.748. The lowest BCUT2D eigenvalue weighted by Gasteiger charge is -2.36. The fraction of sp³-hybridized carbons (Fsp3) is 0.286. The number of hydrogen-bond acceptors (Lipinski definition) is 5. The highest BCUT2D eigenvalue weighted by molar-refractivity contribution is 9.10. The molecule has 0 spiro atoms. The third-order valence-corrected chi connectivity index (χ3v) is 4.88. The third-order valence-electron chi connectivity index (χ3n) is 3.59. The monoisotopic (exact) mass is 384 g/mol. The van der Waals surface area contributed by atoms with Crippen LogP contribution in [0.1, 0.15) is 10.4 Å². The van der Waals surface area contributed by atoms with E-state index >= 15 is 0 Å². The highest BCUT2D eigenvalue weighted by Crippen LogP contribution is 2.29. The summed E-state index contributed by atoms with van der Waals surface area (Å²) < 4.78 is 14.6. The zero-order valence-corrected chi connectivity index (χ0v) is 14.0. The topological polar surface area (TPSA) is 62.5 Å². The number of nitrogens with zero attached hydrogens (tertiary/aromatic N) is 3. The van der Waals surface area contributed by atoms with E-state index in [9.17, 15) is 9.18 Å². The van der Waals surface area contributed by atoms with Gasteiger partial charge in [-0.25, -0.2) is 9.37 Å². The van der Waals surface area contributed by atoms with Gasteiger partial charge in [0.15, 0.2) is 5.13 Å². The number of nitrogens with two attached hydrogens (primary N) is 1. The fourth-order valence-corrected chi connectivity index (χ4v) is 3.68. The van der Waals surface area contributed by atoms with Crippen LogP contribution in [-0.2, 0) is 0 Å². The number of anilines is 2. The highest BCUT2D eigenvalue weighted by Gasteiger charge is 2.24. The predicted molar refractivity (Wildman–Crippen MR) is 89.2 cm³/mol. The molecular weight excluding hydrogens is 371 g/mol. The zero-order chi connectivity index (χ0) is 15.7. The van der Waals surface area contributed by atoms with Crippen molar-refractivity contribution < 1.29 is 9.18 Å². The van der Waals surface area contributed by atoms with E-state index in [4.69, 9.17) is 5.73 Å². The van der Waals surface area contributed by atoms with Gasteiger partial charge in [-0.3, -0.25) is 4.79 Å². The van der Waals surface area contributed by atoms with E-state index < -0.39 is 11.7 Å². The van der Waals surface area contributed by atoms with Crippen molar-refractivity contribution >= 4 is 44.0 Å². The van der Waals surface area contributed by atoms with Crippen LogP contribution >= 0.6 is 27.3 Å². The summed E-state index contributed by atoms with van der Waals surface area (Å²) in [5, 5.41) is 2.92. The van der Waals surface area contributed by atoms with Crippen molar-refractivity contribution in [1.29, 1.82) is 0 Å². The molecule has 116 valence electrons. The van der Waals surface area contributed by atoms with E-state index in [0.29, 0.717) is 23.2 Å². The van der Waals surface area contributed by atoms with Gasteiger partial charge in [0.2, 0.25) is 0 Å². The van der Waals surface area contributed by atoms with E-state index in [1.54, 1.807) is 23.6 Å². The third kappa shape index (κ3) is 2.93. The molecular formula is C14H14BrFN4OS. The van der Waals surface area contributed by atoms with Crippen molar-refractivity contribution in [3.8, 4) is 0 Å². The first kappa shape index (κ1) is 15.2. The lowest BCUT2D eigenvalue weighted by molar-refractivity contribution is 0.0997. The van der Waals surface area contributed by atoms with Gasteiger partial charge in [-0.15, -0.1) is 11.3 Å². The van der Waals surface area contributed by atoms with Crippen LogP contribution in [0.4, 0.5) is 15.2 Å². The normalized spacial score (nSPS) is 15.2. The molecule has 3 rings (SSSR count). The van der Waals surface area contributed by atoms with Gasteiger partial charge >= 0.3 is 0 Å². The van der Waals surface area contributed by atoms with Crippen molar-refractivity contribution in [3.05, 3.63) is 39.6 Å². The summed E-state index contributed by atoms with van der Waals surface area (Å²) in [6, 6.07) is 3.00. The van der Waals surface area contributed by atoms with Crippen LogP contribution < -0.4 is 15.5 Å². The number of thiazole rings is 1. The summed E-state index contributed by atoms with van der Waals surface area (Å²) in [5.74, 6) is -1.35. The van der Waals surface area contributed by atoms with Gasteiger partial charge in [-0.05, 0) is 12.1 Å². The van der Waals surface area contributed by atoms with E-state index in [-0.39, 0.29) is 5.56 Å². The first-order valence-corrected chi connectivity index (χ1v) is 8.42. The number of amides is 1. The summed E-state index contributed by atoms with van der Waals surface area (Å²) >= 11 is 4.86. The number of aromatic nitrogens is 1. The van der Waals surface area contributed by atoms with Crippen LogP contribution in [0.15, 0.2) is 28.2 Å². The number of rotatable bonds is 3. The molecule has 2 N–H and O–H groups in total. The lowest BCUT2D eigenvalue weighted by atomic mass is 10.1. The van der Waals surface area contributed by atoms with Gasteiger partial charge < -0.3 is 15.5 Å². The standard InChI is InChI=1S/C14H14BrFN4OS/c15-9-7-10(16)12(13(17)21)11(8-9)19-2-4-20(5-3-19)14-18-1-6-22-14/h1,6-8H,2-5H2,(H2,17,21). The molecule has 1 fully saturated rings. The Labute approximate surface area is 139 Å². The maximum atomic E-state index is 14.0. The van der Waals surface area contributed by atoms with E-state index in [2.05, 4.69) is 25.8 Å². The maximum Gasteiger partial charge on any atom is 0.253 e. The number of benzene rings is 1. The Morgan fingerprint density at radius 3 is 2.55 bits per heavy atom. The van der Waals surface area contributed by atoms with E-state index in [1.165, 1.54) is 6.07 Å². The number of hydrogen-bond donors (Lipinski definition) is 1. The summed E-state index contributed by atoms with van der Waals surface area (Å²) in [6.45, 7) is 2.88. The van der Waals surface area contributed by atoms with Gasteiger partial charge in [0.05, 0.1) is 11.3 Å². The van der Waals surface area contributed by atoms with Gasteiger partial charge in [0, 0.05) is 42.2 Å². The number of primary amides is 1. The van der Waals surface area contributed by atoms with Gasteiger partial charge in [0.1, 0.15) is 5.82 Å². The van der Waals surface area contributed by atoms with Crippen molar-refractivity contribution in [3.63, 3.8) is 0 Å². The summed E-state index contributed by atoms with van der Waals surface area (Å²) in [4.78, 5) is 20.0. The molecule has 0 unspecified atom stereocenters. The van der Waals surface area contributed by atoms with Crippen LogP contribution in [0.2, 0.25) is 0 Å². The molecule has 0 aliphatic carbocycles. The molecule has 5 nitrogen and oxygen atoms in total. The molecule has 0 bridgehead atoms. The van der Waals surface area contributed by atoms with E-state index in [0.717, 1.165) is 18.2 Å². The second kappa shape index (κ2) is 6.21. The summed E-state index contributed by atoms with van der Waals surface area (Å²) in [6.07, 6.45) is 1.78. The van der Waals surface area contributed by atoms with Crippen molar-refractivity contribution in [1.82, 2.24) is 4.98 Å². The molecule has 1 aliphatic rings. The molecule has 0 radical (unpaired) electrons. The molecule has 1 aliphatic heterocycles. The molecule has 0 atom stereocenters. The fourth-order valence-electron chi connectivity index (χ4n) is 2.56. The van der Waals surface area contributed by atoms with Crippen LogP contribution in [0.25, 0.3) is 0 Å². The summed E-state index contributed by atoms with van der Waals surface area (Å²) in [5.41, 5.74) is 5.83. The van der Waals surface area contributed by atoms with Crippen LogP contribution in [0.5, 0.6) is 0 Å². The van der Waals surface area contributed by atoms with Gasteiger partial charge in [-0.2, -0.15) is 0 Å². The Balaban J connectivity index is 1.83. The Kier molecular flexibility index (Phi) is 4.30. The molecule has 1 aromatic carbocycles. The Hall–Kier alpha value is -1.67. The number of carbonyl (C=O) groups is 1. The molecule has 1 saturated heterocycles. The minimum absolute atomic E-state index is 0.0501. The van der Waals surface area contributed by atoms with Crippen LogP contribution in [0.3, 0.4) is 0 Å². The first-order valence-electron chi connectivity index (χ1n) is 6.74. The van der Waals surface area contributed by atoms with Crippen molar-refractivity contribution in [2.45, 2.75) is 0 Å². The largest absolute Gasteiger partial charge is 0.367 e. The zero-order valence-electron chi connectivity index (χ0n) is 11.6. The SMILES string of the molecule is NC(=O)c1c(F)cc(Br)cc1N1CCN(c2nccs2)CC1. The molecule has 8 heteroatoms. The molecule has 2 aromatic rings. The minimum Gasteiger partial charge on any atom is -0.367 e. The first-order chi connectivity index (χ1) is 10.6. The lowest BCUT2D eigenvalue weighted by Crippen LogP contribution is -2.47. The second-order valence-corrected chi connectivity index (χ2v) is 6.72. The number of piperazine rings is 1. The second-order valence-electron chi connectivity index (χ2n) is 4.93. The highest BCUT2D eigenvalue weighted by atomic mass is 79.9. The maximum absolute atomic E-state index is 14.0. The van der Waals surface area contributed by atoms with Crippen molar-refractivity contribution in [2.24, 2.45) is 5.73 Å². The average molecular weight is 385 g/mol. The van der Waals surface area contributed by atoms with Crippen LogP contribution in [0, 0.1) is 5.82 Å². The molecule has 1 aromatic heterocycles. The van der Waals surface area contributed by atoms with E-state index in [1.807, 2.05) is 10.3 Å². The summed E-state index contributed by atoms with van der Waals surface area (Å²) in [7, 11) is 0. The molecule has 22 heavy (non-hydrogen) atoms. The number of carbonyl (C=O) groups excluding carboxylic acids is 1. The smallest absolute Gasteiger partial charge is 0.253 e. The Bertz CT molecular complexity index is 686. The molecule has 2 heterocycles.